The van der Waals surface area contributed by atoms with Gasteiger partial charge in [0.2, 0.25) is 6.29 Å². The predicted octanol–water partition coefficient (Wildman–Crippen LogP) is 3.66. The first-order valence-corrected chi connectivity index (χ1v) is 7.43. The molecule has 18 heavy (non-hydrogen) atoms. The molecule has 1 heterocycles. The van der Waals surface area contributed by atoms with Crippen molar-refractivity contribution >= 4 is 5.97 Å². The molecule has 0 aromatic carbocycles. The van der Waals surface area contributed by atoms with Gasteiger partial charge < -0.3 is 9.47 Å². The highest BCUT2D eigenvalue weighted by Crippen LogP contribution is 2.49. The lowest BCUT2D eigenvalue weighted by Gasteiger charge is -2.36. The molecule has 0 radical (unpaired) electrons. The molecule has 0 N–H and O–H groups in total. The number of esters is 1. The summed E-state index contributed by atoms with van der Waals surface area (Å²) in [5, 5.41) is 0. The molecule has 2 aliphatic rings. The largest absolute Gasteiger partial charge is 0.435 e. The number of ether oxygens (including phenoxy) is 2. The van der Waals surface area contributed by atoms with Crippen LogP contribution >= 0.6 is 0 Å². The van der Waals surface area contributed by atoms with Crippen LogP contribution in [0.2, 0.25) is 0 Å². The third-order valence-electron chi connectivity index (χ3n) is 4.64. The van der Waals surface area contributed by atoms with E-state index < -0.39 is 0 Å². The van der Waals surface area contributed by atoms with Crippen molar-refractivity contribution in [1.29, 1.82) is 0 Å². The summed E-state index contributed by atoms with van der Waals surface area (Å²) in [6.07, 6.45) is 7.89. The van der Waals surface area contributed by atoms with Crippen LogP contribution in [0.5, 0.6) is 0 Å². The molecule has 0 aromatic heterocycles. The Kier molecular flexibility index (Phi) is 4.31. The average Bonchev–Trinajstić information content (AvgIpc) is 2.65. The maximum absolute atomic E-state index is 12.0. The Labute approximate surface area is 110 Å². The van der Waals surface area contributed by atoms with Crippen LogP contribution in [0, 0.1) is 11.3 Å². The van der Waals surface area contributed by atoms with Crippen LogP contribution < -0.4 is 0 Å². The summed E-state index contributed by atoms with van der Waals surface area (Å²) in [4.78, 5) is 12.0. The van der Waals surface area contributed by atoms with Crippen LogP contribution in [0.15, 0.2) is 0 Å². The Bertz CT molecular complexity index is 294. The number of rotatable bonds is 3. The molecule has 104 valence electrons. The molecule has 2 fully saturated rings. The van der Waals surface area contributed by atoms with E-state index in [1.807, 2.05) is 13.8 Å². The molecular formula is C15H26O3. The summed E-state index contributed by atoms with van der Waals surface area (Å²) < 4.78 is 11.5. The molecule has 0 aromatic rings. The van der Waals surface area contributed by atoms with E-state index in [9.17, 15) is 4.79 Å². The fourth-order valence-electron chi connectivity index (χ4n) is 3.31. The highest BCUT2D eigenvalue weighted by Gasteiger charge is 2.49. The smallest absolute Gasteiger partial charge is 0.310 e. The lowest BCUT2D eigenvalue weighted by Crippen LogP contribution is -2.37. The lowest BCUT2D eigenvalue weighted by molar-refractivity contribution is -0.198. The summed E-state index contributed by atoms with van der Waals surface area (Å²) in [6.45, 7) is 6.03. The van der Waals surface area contributed by atoms with Crippen LogP contribution in [0.4, 0.5) is 0 Å². The normalized spacial score (nSPS) is 32.4. The molecule has 1 saturated heterocycles. The van der Waals surface area contributed by atoms with Crippen molar-refractivity contribution in [2.45, 2.75) is 78.1 Å². The third kappa shape index (κ3) is 2.71. The zero-order chi connectivity index (χ0) is 13.2. The Morgan fingerprint density at radius 1 is 1.39 bits per heavy atom. The van der Waals surface area contributed by atoms with Gasteiger partial charge in [0.05, 0.1) is 12.0 Å². The van der Waals surface area contributed by atoms with Crippen molar-refractivity contribution in [2.24, 2.45) is 11.3 Å². The molecule has 2 rings (SSSR count). The van der Waals surface area contributed by atoms with Crippen molar-refractivity contribution in [3.05, 3.63) is 0 Å². The van der Waals surface area contributed by atoms with E-state index in [1.54, 1.807) is 0 Å². The number of hydrogen-bond acceptors (Lipinski definition) is 3. The van der Waals surface area contributed by atoms with Gasteiger partial charge in [-0.25, -0.2) is 0 Å². The van der Waals surface area contributed by atoms with Gasteiger partial charge in [-0.3, -0.25) is 4.79 Å². The summed E-state index contributed by atoms with van der Waals surface area (Å²) in [6, 6.07) is 0. The Balaban J connectivity index is 2.03. The van der Waals surface area contributed by atoms with Crippen LogP contribution in [0.3, 0.4) is 0 Å². The fourth-order valence-corrected chi connectivity index (χ4v) is 3.31. The minimum absolute atomic E-state index is 0.0230. The Morgan fingerprint density at radius 2 is 2.06 bits per heavy atom. The van der Waals surface area contributed by atoms with Gasteiger partial charge in [-0.15, -0.1) is 0 Å². The van der Waals surface area contributed by atoms with Gasteiger partial charge in [-0.1, -0.05) is 33.1 Å². The van der Waals surface area contributed by atoms with Gasteiger partial charge in [-0.05, 0) is 32.6 Å². The quantitative estimate of drug-likeness (QED) is 0.721. The van der Waals surface area contributed by atoms with Crippen molar-refractivity contribution < 1.29 is 14.3 Å². The second-order valence-corrected chi connectivity index (χ2v) is 6.15. The molecule has 0 amide bonds. The molecule has 1 aliphatic heterocycles. The van der Waals surface area contributed by atoms with E-state index >= 15 is 0 Å². The van der Waals surface area contributed by atoms with Crippen molar-refractivity contribution in [2.75, 3.05) is 0 Å². The highest BCUT2D eigenvalue weighted by molar-refractivity contribution is 5.72. The summed E-state index contributed by atoms with van der Waals surface area (Å²) >= 11 is 0. The minimum Gasteiger partial charge on any atom is -0.435 e. The number of carbonyl (C=O) groups is 1. The van der Waals surface area contributed by atoms with Gasteiger partial charge in [0.25, 0.3) is 0 Å². The van der Waals surface area contributed by atoms with E-state index in [4.69, 9.17) is 9.47 Å². The van der Waals surface area contributed by atoms with Crippen LogP contribution in [0.1, 0.15) is 65.7 Å². The summed E-state index contributed by atoms with van der Waals surface area (Å²) in [5.41, 5.74) is 0.112. The van der Waals surface area contributed by atoms with E-state index in [0.717, 1.165) is 25.7 Å². The lowest BCUT2D eigenvalue weighted by atomic mass is 9.71. The molecule has 1 aliphatic carbocycles. The number of carbonyl (C=O) groups excluding carboxylic acids is 1. The van der Waals surface area contributed by atoms with Gasteiger partial charge >= 0.3 is 5.97 Å². The molecular weight excluding hydrogens is 228 g/mol. The second-order valence-electron chi connectivity index (χ2n) is 6.15. The van der Waals surface area contributed by atoms with Crippen molar-refractivity contribution in [3.8, 4) is 0 Å². The fraction of sp³-hybridized carbons (Fsp3) is 0.933. The van der Waals surface area contributed by atoms with Crippen molar-refractivity contribution in [3.63, 3.8) is 0 Å². The molecule has 0 bridgehead atoms. The molecule has 3 nitrogen and oxygen atoms in total. The summed E-state index contributed by atoms with van der Waals surface area (Å²) in [7, 11) is 0. The van der Waals surface area contributed by atoms with Gasteiger partial charge in [0.1, 0.15) is 0 Å². The predicted molar refractivity (Wildman–Crippen MR) is 70.0 cm³/mol. The minimum atomic E-state index is -0.297. The SMILES string of the molecule is CCC(C)C(=O)OC1OC(C)CC12CCCCC2. The van der Waals surface area contributed by atoms with Crippen molar-refractivity contribution in [1.82, 2.24) is 0 Å². The van der Waals surface area contributed by atoms with E-state index in [-0.39, 0.29) is 29.7 Å². The molecule has 1 spiro atoms. The Hall–Kier alpha value is -0.570. The second kappa shape index (κ2) is 5.60. The monoisotopic (exact) mass is 254 g/mol. The van der Waals surface area contributed by atoms with Crippen LogP contribution in [-0.4, -0.2) is 18.4 Å². The first-order chi connectivity index (χ1) is 8.57. The van der Waals surface area contributed by atoms with Gasteiger partial charge in [0.15, 0.2) is 0 Å². The molecule has 3 atom stereocenters. The zero-order valence-corrected chi connectivity index (χ0v) is 11.9. The number of hydrogen-bond donors (Lipinski definition) is 0. The third-order valence-corrected chi connectivity index (χ3v) is 4.64. The Morgan fingerprint density at radius 3 is 2.67 bits per heavy atom. The zero-order valence-electron chi connectivity index (χ0n) is 11.9. The first kappa shape index (κ1) is 13.9. The first-order valence-electron chi connectivity index (χ1n) is 7.43. The van der Waals surface area contributed by atoms with Gasteiger partial charge in [0, 0.05) is 5.41 Å². The average molecular weight is 254 g/mol. The van der Waals surface area contributed by atoms with Gasteiger partial charge in [-0.2, -0.15) is 0 Å². The molecule has 3 unspecified atom stereocenters. The van der Waals surface area contributed by atoms with Crippen LogP contribution in [0.25, 0.3) is 0 Å². The van der Waals surface area contributed by atoms with E-state index in [2.05, 4.69) is 6.92 Å². The highest BCUT2D eigenvalue weighted by atomic mass is 16.7. The molecule has 1 saturated carbocycles. The van der Waals surface area contributed by atoms with Crippen LogP contribution in [-0.2, 0) is 14.3 Å². The van der Waals surface area contributed by atoms with E-state index in [0.29, 0.717) is 0 Å². The summed E-state index contributed by atoms with van der Waals surface area (Å²) in [5.74, 6) is -0.119. The maximum Gasteiger partial charge on any atom is 0.310 e. The maximum atomic E-state index is 12.0. The topological polar surface area (TPSA) is 35.5 Å². The van der Waals surface area contributed by atoms with E-state index in [1.165, 1.54) is 19.3 Å². The molecule has 3 heteroatoms. The standard InChI is InChI=1S/C15H26O3/c1-4-11(2)13(16)18-14-15(10-12(3)17-14)8-6-5-7-9-15/h11-12,14H,4-10H2,1-3H3.